The fourth-order valence-electron chi connectivity index (χ4n) is 1.67. The van der Waals surface area contributed by atoms with E-state index < -0.39 is 0 Å². The monoisotopic (exact) mass is 255 g/mol. The average Bonchev–Trinajstić information content (AvgIpc) is 2.19. The van der Waals surface area contributed by atoms with Crippen molar-refractivity contribution in [2.45, 2.75) is 6.54 Å². The van der Waals surface area contributed by atoms with E-state index in [2.05, 4.69) is 43.3 Å². The first-order valence-electron chi connectivity index (χ1n) is 4.88. The molecular formula is C10H14BrN3. The first-order valence-corrected chi connectivity index (χ1v) is 5.67. The van der Waals surface area contributed by atoms with Gasteiger partial charge in [-0.2, -0.15) is 0 Å². The van der Waals surface area contributed by atoms with E-state index in [1.165, 1.54) is 5.56 Å². The van der Waals surface area contributed by atoms with Crippen molar-refractivity contribution in [1.29, 1.82) is 0 Å². The number of aromatic nitrogens is 1. The van der Waals surface area contributed by atoms with E-state index in [-0.39, 0.29) is 0 Å². The summed E-state index contributed by atoms with van der Waals surface area (Å²) in [5.74, 6) is 0. The normalized spacial score (nSPS) is 18.4. The molecule has 0 aliphatic carbocycles. The van der Waals surface area contributed by atoms with Gasteiger partial charge in [0.2, 0.25) is 0 Å². The van der Waals surface area contributed by atoms with Crippen LogP contribution in [0.5, 0.6) is 0 Å². The molecule has 1 aliphatic rings. The summed E-state index contributed by atoms with van der Waals surface area (Å²) >= 11 is 3.38. The summed E-state index contributed by atoms with van der Waals surface area (Å²) in [6.07, 6.45) is 1.85. The highest BCUT2D eigenvalue weighted by Crippen LogP contribution is 2.10. The maximum absolute atomic E-state index is 4.12. The van der Waals surface area contributed by atoms with Crippen LogP contribution in [0.15, 0.2) is 22.9 Å². The van der Waals surface area contributed by atoms with Crippen LogP contribution in [0.3, 0.4) is 0 Å². The number of rotatable bonds is 2. The van der Waals surface area contributed by atoms with E-state index in [4.69, 9.17) is 0 Å². The van der Waals surface area contributed by atoms with E-state index in [0.29, 0.717) is 0 Å². The number of hydrogen-bond donors (Lipinski definition) is 1. The topological polar surface area (TPSA) is 28.2 Å². The lowest BCUT2D eigenvalue weighted by Crippen LogP contribution is -2.42. The highest BCUT2D eigenvalue weighted by molar-refractivity contribution is 9.10. The summed E-state index contributed by atoms with van der Waals surface area (Å²) in [5.41, 5.74) is 1.33. The lowest BCUT2D eigenvalue weighted by molar-refractivity contribution is 0.233. The van der Waals surface area contributed by atoms with Gasteiger partial charge in [-0.1, -0.05) is 0 Å². The van der Waals surface area contributed by atoms with Crippen LogP contribution in [0.2, 0.25) is 0 Å². The Bertz CT molecular complexity index is 297. The fraction of sp³-hybridized carbons (Fsp3) is 0.500. The van der Waals surface area contributed by atoms with Crippen molar-refractivity contribution in [3.05, 3.63) is 28.5 Å². The van der Waals surface area contributed by atoms with Crippen LogP contribution in [0.25, 0.3) is 0 Å². The quantitative estimate of drug-likeness (QED) is 0.807. The summed E-state index contributed by atoms with van der Waals surface area (Å²) < 4.78 is 0.921. The second-order valence-electron chi connectivity index (χ2n) is 3.51. The SMILES string of the molecule is Brc1cc(CN2CCNCC2)ccn1. The second kappa shape index (κ2) is 4.87. The largest absolute Gasteiger partial charge is 0.314 e. The Morgan fingerprint density at radius 1 is 1.43 bits per heavy atom. The molecule has 1 saturated heterocycles. The van der Waals surface area contributed by atoms with E-state index in [0.717, 1.165) is 37.3 Å². The van der Waals surface area contributed by atoms with E-state index >= 15 is 0 Å². The molecule has 0 radical (unpaired) electrons. The van der Waals surface area contributed by atoms with E-state index in [1.807, 2.05) is 6.20 Å². The summed E-state index contributed by atoms with van der Waals surface area (Å²) in [5, 5.41) is 3.35. The molecule has 4 heteroatoms. The lowest BCUT2D eigenvalue weighted by atomic mass is 10.2. The molecule has 0 atom stereocenters. The zero-order valence-electron chi connectivity index (χ0n) is 8.04. The predicted octanol–water partition coefficient (Wildman–Crippen LogP) is 1.25. The minimum absolute atomic E-state index is 0.921. The molecular weight excluding hydrogens is 242 g/mol. The van der Waals surface area contributed by atoms with Crippen molar-refractivity contribution in [1.82, 2.24) is 15.2 Å². The van der Waals surface area contributed by atoms with Crippen molar-refractivity contribution in [3.63, 3.8) is 0 Å². The van der Waals surface area contributed by atoms with Crippen molar-refractivity contribution < 1.29 is 0 Å². The third kappa shape index (κ3) is 2.77. The Kier molecular flexibility index (Phi) is 3.50. The van der Waals surface area contributed by atoms with E-state index in [9.17, 15) is 0 Å². The van der Waals surface area contributed by atoms with Gasteiger partial charge >= 0.3 is 0 Å². The number of nitrogens with one attached hydrogen (secondary N) is 1. The number of pyridine rings is 1. The lowest BCUT2D eigenvalue weighted by Gasteiger charge is -2.27. The van der Waals surface area contributed by atoms with Gasteiger partial charge in [0.25, 0.3) is 0 Å². The summed E-state index contributed by atoms with van der Waals surface area (Å²) in [7, 11) is 0. The number of hydrogen-bond acceptors (Lipinski definition) is 3. The van der Waals surface area contributed by atoms with Crippen LogP contribution in [0.4, 0.5) is 0 Å². The zero-order chi connectivity index (χ0) is 9.80. The highest BCUT2D eigenvalue weighted by Gasteiger charge is 2.09. The second-order valence-corrected chi connectivity index (χ2v) is 4.33. The average molecular weight is 256 g/mol. The third-order valence-corrected chi connectivity index (χ3v) is 2.84. The molecule has 14 heavy (non-hydrogen) atoms. The molecule has 3 nitrogen and oxygen atoms in total. The van der Waals surface area contributed by atoms with Gasteiger partial charge in [0.05, 0.1) is 0 Å². The first kappa shape index (κ1) is 10.1. The van der Waals surface area contributed by atoms with Gasteiger partial charge in [-0.05, 0) is 33.6 Å². The minimum Gasteiger partial charge on any atom is -0.314 e. The van der Waals surface area contributed by atoms with Crippen LogP contribution in [0, 0.1) is 0 Å². The standard InChI is InChI=1S/C10H14BrN3/c11-10-7-9(1-2-13-10)8-14-5-3-12-4-6-14/h1-2,7,12H,3-6,8H2. The van der Waals surface area contributed by atoms with Crippen LogP contribution in [-0.4, -0.2) is 36.1 Å². The van der Waals surface area contributed by atoms with Gasteiger partial charge in [-0.15, -0.1) is 0 Å². The van der Waals surface area contributed by atoms with Crippen LogP contribution < -0.4 is 5.32 Å². The highest BCUT2D eigenvalue weighted by atomic mass is 79.9. The number of piperazine rings is 1. The van der Waals surface area contributed by atoms with Gasteiger partial charge in [0.15, 0.2) is 0 Å². The predicted molar refractivity (Wildman–Crippen MR) is 60.1 cm³/mol. The van der Waals surface area contributed by atoms with Gasteiger partial charge in [0.1, 0.15) is 4.60 Å². The molecule has 1 aliphatic heterocycles. The van der Waals surface area contributed by atoms with Gasteiger partial charge in [0, 0.05) is 38.9 Å². The molecule has 0 aromatic carbocycles. The van der Waals surface area contributed by atoms with Crippen molar-refractivity contribution in [2.75, 3.05) is 26.2 Å². The molecule has 0 saturated carbocycles. The Balaban J connectivity index is 1.95. The molecule has 2 heterocycles. The third-order valence-electron chi connectivity index (χ3n) is 2.41. The summed E-state index contributed by atoms with van der Waals surface area (Å²) in [6.45, 7) is 5.52. The van der Waals surface area contributed by atoms with Crippen LogP contribution in [-0.2, 0) is 6.54 Å². The Morgan fingerprint density at radius 3 is 2.93 bits per heavy atom. The number of nitrogens with zero attached hydrogens (tertiary/aromatic N) is 2. The molecule has 2 rings (SSSR count). The van der Waals surface area contributed by atoms with Crippen molar-refractivity contribution in [2.24, 2.45) is 0 Å². The Labute approximate surface area is 92.6 Å². The van der Waals surface area contributed by atoms with Gasteiger partial charge in [-0.3, -0.25) is 4.90 Å². The minimum atomic E-state index is 0.921. The Hall–Kier alpha value is -0.450. The first-order chi connectivity index (χ1) is 6.84. The number of halogens is 1. The Morgan fingerprint density at radius 2 is 2.21 bits per heavy atom. The molecule has 0 bridgehead atoms. The molecule has 1 fully saturated rings. The van der Waals surface area contributed by atoms with Gasteiger partial charge < -0.3 is 5.32 Å². The zero-order valence-corrected chi connectivity index (χ0v) is 9.63. The smallest absolute Gasteiger partial charge is 0.106 e. The summed E-state index contributed by atoms with van der Waals surface area (Å²) in [6, 6.07) is 4.16. The molecule has 0 spiro atoms. The van der Waals surface area contributed by atoms with E-state index in [1.54, 1.807) is 0 Å². The molecule has 1 aromatic heterocycles. The van der Waals surface area contributed by atoms with Crippen LogP contribution in [0.1, 0.15) is 5.56 Å². The van der Waals surface area contributed by atoms with Crippen molar-refractivity contribution >= 4 is 15.9 Å². The molecule has 1 N–H and O–H groups in total. The summed E-state index contributed by atoms with van der Waals surface area (Å²) in [4.78, 5) is 6.58. The van der Waals surface area contributed by atoms with Gasteiger partial charge in [-0.25, -0.2) is 4.98 Å². The van der Waals surface area contributed by atoms with Crippen molar-refractivity contribution in [3.8, 4) is 0 Å². The maximum Gasteiger partial charge on any atom is 0.106 e. The van der Waals surface area contributed by atoms with Crippen LogP contribution >= 0.6 is 15.9 Å². The fourth-order valence-corrected chi connectivity index (χ4v) is 2.08. The molecule has 76 valence electrons. The molecule has 1 aromatic rings. The molecule has 0 amide bonds. The maximum atomic E-state index is 4.12. The molecule has 0 unspecified atom stereocenters.